The Morgan fingerprint density at radius 3 is 2.21 bits per heavy atom. The number of nitrogens with one attached hydrogen (secondary N) is 1. The van der Waals surface area contributed by atoms with Gasteiger partial charge in [-0.15, -0.1) is 0 Å². The van der Waals surface area contributed by atoms with E-state index in [1.807, 2.05) is 0 Å². The van der Waals surface area contributed by atoms with Crippen LogP contribution in [0.2, 0.25) is 0 Å². The highest BCUT2D eigenvalue weighted by atomic mass is 79.9. The van der Waals surface area contributed by atoms with E-state index in [-0.39, 0.29) is 21.5 Å². The van der Waals surface area contributed by atoms with E-state index < -0.39 is 9.84 Å². The standard InChI is InChI=1S/C20H14BrN3O3S/c21-13-8-10-16(11-9-13)28(26,27)20-19(22-14-4-3-5-15(25)12-14)23-17-6-1-2-7-18(17)24-20/h1-12,25H,(H,22,23). The van der Waals surface area contributed by atoms with Gasteiger partial charge in [0.15, 0.2) is 5.82 Å². The van der Waals surface area contributed by atoms with E-state index in [1.165, 1.54) is 24.3 Å². The van der Waals surface area contributed by atoms with Crippen LogP contribution in [-0.2, 0) is 9.84 Å². The summed E-state index contributed by atoms with van der Waals surface area (Å²) in [7, 11) is -3.93. The minimum atomic E-state index is -3.93. The molecule has 0 aliphatic rings. The first kappa shape index (κ1) is 18.4. The first-order valence-electron chi connectivity index (χ1n) is 8.27. The fourth-order valence-corrected chi connectivity index (χ4v) is 4.25. The molecular formula is C20H14BrN3O3S. The molecule has 3 aromatic carbocycles. The molecule has 0 unspecified atom stereocenters. The minimum Gasteiger partial charge on any atom is -0.508 e. The Morgan fingerprint density at radius 2 is 1.54 bits per heavy atom. The highest BCUT2D eigenvalue weighted by Gasteiger charge is 2.25. The number of sulfone groups is 1. The Hall–Kier alpha value is -2.97. The van der Waals surface area contributed by atoms with E-state index in [1.54, 1.807) is 48.5 Å². The van der Waals surface area contributed by atoms with Crippen molar-refractivity contribution in [3.05, 3.63) is 77.3 Å². The van der Waals surface area contributed by atoms with Crippen LogP contribution >= 0.6 is 15.9 Å². The average molecular weight is 456 g/mol. The van der Waals surface area contributed by atoms with Crippen LogP contribution < -0.4 is 5.32 Å². The number of aromatic nitrogens is 2. The van der Waals surface area contributed by atoms with E-state index in [2.05, 4.69) is 31.2 Å². The molecule has 2 N–H and O–H groups in total. The van der Waals surface area contributed by atoms with Gasteiger partial charge in [-0.1, -0.05) is 34.1 Å². The molecule has 0 bridgehead atoms. The predicted molar refractivity (Wildman–Crippen MR) is 111 cm³/mol. The van der Waals surface area contributed by atoms with Gasteiger partial charge in [-0.05, 0) is 48.5 Å². The molecule has 0 spiro atoms. The number of phenols is 1. The van der Waals surface area contributed by atoms with Crippen LogP contribution in [0.25, 0.3) is 11.0 Å². The average Bonchev–Trinajstić information content (AvgIpc) is 2.68. The first-order chi connectivity index (χ1) is 13.4. The van der Waals surface area contributed by atoms with Gasteiger partial charge < -0.3 is 10.4 Å². The van der Waals surface area contributed by atoms with Gasteiger partial charge >= 0.3 is 0 Å². The fourth-order valence-electron chi connectivity index (χ4n) is 2.70. The normalized spacial score (nSPS) is 11.5. The molecule has 0 fully saturated rings. The lowest BCUT2D eigenvalue weighted by Gasteiger charge is -2.13. The van der Waals surface area contributed by atoms with Crippen molar-refractivity contribution in [2.45, 2.75) is 9.92 Å². The van der Waals surface area contributed by atoms with E-state index in [0.29, 0.717) is 16.7 Å². The number of hydrogen-bond donors (Lipinski definition) is 2. The van der Waals surface area contributed by atoms with Crippen molar-refractivity contribution in [1.29, 1.82) is 0 Å². The number of hydrogen-bond acceptors (Lipinski definition) is 6. The first-order valence-corrected chi connectivity index (χ1v) is 10.5. The van der Waals surface area contributed by atoms with Gasteiger partial charge in [0.25, 0.3) is 0 Å². The summed E-state index contributed by atoms with van der Waals surface area (Å²) in [5.41, 5.74) is 1.52. The number of halogens is 1. The molecule has 1 heterocycles. The fraction of sp³-hybridized carbons (Fsp3) is 0. The minimum absolute atomic E-state index is 0.0519. The molecule has 4 aromatic rings. The third-order valence-corrected chi connectivity index (χ3v) is 6.24. The molecule has 1 aromatic heterocycles. The van der Waals surface area contributed by atoms with Gasteiger partial charge in [0.05, 0.1) is 15.9 Å². The highest BCUT2D eigenvalue weighted by Crippen LogP contribution is 2.30. The Balaban J connectivity index is 1.91. The molecule has 140 valence electrons. The zero-order valence-electron chi connectivity index (χ0n) is 14.4. The Kier molecular flexibility index (Phi) is 4.74. The number of para-hydroxylation sites is 2. The third-order valence-electron chi connectivity index (χ3n) is 4.03. The smallest absolute Gasteiger partial charge is 0.227 e. The van der Waals surface area contributed by atoms with Crippen LogP contribution in [0.15, 0.2) is 87.2 Å². The Morgan fingerprint density at radius 1 is 0.857 bits per heavy atom. The van der Waals surface area contributed by atoms with Crippen molar-refractivity contribution < 1.29 is 13.5 Å². The third kappa shape index (κ3) is 3.56. The quantitative estimate of drug-likeness (QED) is 0.464. The van der Waals surface area contributed by atoms with Crippen molar-refractivity contribution >= 4 is 48.3 Å². The molecule has 8 heteroatoms. The summed E-state index contributed by atoms with van der Waals surface area (Å²) in [6, 6.07) is 19.7. The molecule has 4 rings (SSSR count). The summed E-state index contributed by atoms with van der Waals surface area (Å²) >= 11 is 3.31. The van der Waals surface area contributed by atoms with Gasteiger partial charge in [0.2, 0.25) is 14.9 Å². The zero-order chi connectivity index (χ0) is 19.7. The summed E-state index contributed by atoms with van der Waals surface area (Å²) in [5, 5.41) is 12.5. The number of fused-ring (bicyclic) bond motifs is 1. The summed E-state index contributed by atoms with van der Waals surface area (Å²) in [6.07, 6.45) is 0. The monoisotopic (exact) mass is 455 g/mol. The van der Waals surface area contributed by atoms with E-state index in [9.17, 15) is 13.5 Å². The second-order valence-electron chi connectivity index (χ2n) is 6.00. The lowest BCUT2D eigenvalue weighted by atomic mass is 10.3. The second-order valence-corrected chi connectivity index (χ2v) is 8.78. The number of anilines is 2. The van der Waals surface area contributed by atoms with Crippen LogP contribution in [0, 0.1) is 0 Å². The predicted octanol–water partition coefficient (Wildman–Crippen LogP) is 4.67. The number of rotatable bonds is 4. The molecule has 0 saturated carbocycles. The van der Waals surface area contributed by atoms with Crippen molar-refractivity contribution in [2.24, 2.45) is 0 Å². The van der Waals surface area contributed by atoms with Crippen molar-refractivity contribution in [1.82, 2.24) is 9.97 Å². The van der Waals surface area contributed by atoms with Crippen LogP contribution in [0.3, 0.4) is 0 Å². The van der Waals surface area contributed by atoms with E-state index >= 15 is 0 Å². The zero-order valence-corrected chi connectivity index (χ0v) is 16.8. The maximum Gasteiger partial charge on any atom is 0.227 e. The molecule has 0 atom stereocenters. The lowest BCUT2D eigenvalue weighted by Crippen LogP contribution is -2.10. The molecule has 0 aliphatic carbocycles. The van der Waals surface area contributed by atoms with Gasteiger partial charge in [0, 0.05) is 16.2 Å². The van der Waals surface area contributed by atoms with Gasteiger partial charge in [-0.25, -0.2) is 18.4 Å². The summed E-state index contributed by atoms with van der Waals surface area (Å²) in [4.78, 5) is 8.95. The highest BCUT2D eigenvalue weighted by molar-refractivity contribution is 9.10. The molecule has 0 aliphatic heterocycles. The Bertz CT molecular complexity index is 1280. The van der Waals surface area contributed by atoms with Gasteiger partial charge in [-0.2, -0.15) is 0 Å². The van der Waals surface area contributed by atoms with Crippen LogP contribution in [0.5, 0.6) is 5.75 Å². The maximum atomic E-state index is 13.3. The molecule has 28 heavy (non-hydrogen) atoms. The van der Waals surface area contributed by atoms with Gasteiger partial charge in [0.1, 0.15) is 5.75 Å². The van der Waals surface area contributed by atoms with Crippen molar-refractivity contribution in [3.8, 4) is 5.75 Å². The van der Waals surface area contributed by atoms with Crippen molar-refractivity contribution in [2.75, 3.05) is 5.32 Å². The van der Waals surface area contributed by atoms with Crippen LogP contribution in [0.1, 0.15) is 0 Å². The largest absolute Gasteiger partial charge is 0.508 e. The van der Waals surface area contributed by atoms with E-state index in [0.717, 1.165) is 4.47 Å². The SMILES string of the molecule is O=S(=O)(c1ccc(Br)cc1)c1nc2ccccc2nc1Nc1cccc(O)c1. The van der Waals surface area contributed by atoms with Crippen molar-refractivity contribution in [3.63, 3.8) is 0 Å². The molecule has 0 radical (unpaired) electrons. The van der Waals surface area contributed by atoms with Crippen LogP contribution in [0.4, 0.5) is 11.5 Å². The molecule has 0 saturated heterocycles. The molecule has 6 nitrogen and oxygen atoms in total. The topological polar surface area (TPSA) is 92.2 Å². The Labute approximate surface area is 170 Å². The number of phenolic OH excluding ortho intramolecular Hbond substituents is 1. The molecular weight excluding hydrogens is 442 g/mol. The lowest BCUT2D eigenvalue weighted by molar-refractivity contribution is 0.475. The summed E-state index contributed by atoms with van der Waals surface area (Å²) < 4.78 is 27.3. The summed E-state index contributed by atoms with van der Waals surface area (Å²) in [5.74, 6) is 0.142. The van der Waals surface area contributed by atoms with E-state index in [4.69, 9.17) is 0 Å². The number of aromatic hydroxyl groups is 1. The summed E-state index contributed by atoms with van der Waals surface area (Å²) in [6.45, 7) is 0. The maximum absolute atomic E-state index is 13.3. The number of nitrogens with zero attached hydrogens (tertiary/aromatic N) is 2. The van der Waals surface area contributed by atoms with Crippen LogP contribution in [-0.4, -0.2) is 23.5 Å². The second kappa shape index (κ2) is 7.21. The number of benzene rings is 3. The molecule has 0 amide bonds. The van der Waals surface area contributed by atoms with Gasteiger partial charge in [-0.3, -0.25) is 0 Å².